The summed E-state index contributed by atoms with van der Waals surface area (Å²) in [5, 5.41) is 0.969. The molecule has 0 aliphatic heterocycles. The molecule has 0 unspecified atom stereocenters. The van der Waals surface area contributed by atoms with Crippen molar-refractivity contribution < 1.29 is 23.9 Å². The molecular weight excluding hydrogens is 372 g/mol. The number of amides is 2. The molecule has 2 amide bonds. The molecule has 1 aromatic rings. The summed E-state index contributed by atoms with van der Waals surface area (Å²) in [6.45, 7) is 14.0. The maximum Gasteiger partial charge on any atom is 0.430 e. The number of hydrazine groups is 1. The van der Waals surface area contributed by atoms with Crippen LogP contribution in [0.5, 0.6) is 0 Å². The van der Waals surface area contributed by atoms with Crippen molar-refractivity contribution in [1.29, 1.82) is 0 Å². The Morgan fingerprint density at radius 1 is 1.14 bits per heavy atom. The lowest BCUT2D eigenvalue weighted by Gasteiger charge is -2.39. The zero-order valence-corrected chi connectivity index (χ0v) is 18.0. The minimum absolute atomic E-state index is 0.134. The highest BCUT2D eigenvalue weighted by molar-refractivity contribution is 6.09. The van der Waals surface area contributed by atoms with Crippen LogP contribution in [0.3, 0.4) is 0 Å². The second-order valence-corrected chi connectivity index (χ2v) is 9.12. The first-order valence-electron chi connectivity index (χ1n) is 9.55. The molecule has 1 aliphatic rings. The van der Waals surface area contributed by atoms with Crippen molar-refractivity contribution in [1.82, 2.24) is 10.4 Å². The predicted molar refractivity (Wildman–Crippen MR) is 109 cm³/mol. The van der Waals surface area contributed by atoms with Crippen LogP contribution in [0.25, 0.3) is 0 Å². The van der Waals surface area contributed by atoms with E-state index >= 15 is 0 Å². The smallest absolute Gasteiger partial charge is 0.430 e. The van der Waals surface area contributed by atoms with Gasteiger partial charge in [-0.1, -0.05) is 30.3 Å². The van der Waals surface area contributed by atoms with Gasteiger partial charge in [-0.3, -0.25) is 4.79 Å². The number of hydrogen-bond donors (Lipinski definition) is 1. The first kappa shape index (κ1) is 22.5. The highest BCUT2D eigenvalue weighted by Gasteiger charge is 2.53. The molecule has 0 radical (unpaired) electrons. The van der Waals surface area contributed by atoms with Gasteiger partial charge in [0.15, 0.2) is 5.78 Å². The maximum absolute atomic E-state index is 13.4. The largest absolute Gasteiger partial charge is 0.443 e. The number of hydrogen-bond acceptors (Lipinski definition) is 5. The van der Waals surface area contributed by atoms with Crippen molar-refractivity contribution in [2.75, 3.05) is 0 Å². The van der Waals surface area contributed by atoms with Crippen molar-refractivity contribution in [3.63, 3.8) is 0 Å². The van der Waals surface area contributed by atoms with E-state index in [9.17, 15) is 14.4 Å². The van der Waals surface area contributed by atoms with Crippen molar-refractivity contribution in [2.45, 2.75) is 71.1 Å². The normalized spacial score (nSPS) is 18.6. The summed E-state index contributed by atoms with van der Waals surface area (Å²) in [6, 6.07) is 7.14. The molecule has 0 saturated carbocycles. The number of fused-ring (bicyclic) bond motifs is 1. The molecule has 7 heteroatoms. The van der Waals surface area contributed by atoms with E-state index in [1.807, 2.05) is 12.1 Å². The Hall–Kier alpha value is -2.83. The van der Waals surface area contributed by atoms with Crippen LogP contribution in [0.4, 0.5) is 9.59 Å². The quantitative estimate of drug-likeness (QED) is 0.598. The van der Waals surface area contributed by atoms with E-state index in [4.69, 9.17) is 9.47 Å². The van der Waals surface area contributed by atoms with E-state index in [2.05, 4.69) is 12.0 Å². The lowest BCUT2D eigenvalue weighted by Crippen LogP contribution is -2.64. The SMILES string of the molecule is C=CC[C@@]1(N(NC(=O)OC(C)(C)C)C(=O)OC(C)(C)C)Cc2ccccc2C1=O. The minimum Gasteiger partial charge on any atom is -0.443 e. The third-order valence-electron chi connectivity index (χ3n) is 4.26. The lowest BCUT2D eigenvalue weighted by molar-refractivity contribution is -0.0249. The van der Waals surface area contributed by atoms with Gasteiger partial charge in [-0.15, -0.1) is 6.58 Å². The Morgan fingerprint density at radius 2 is 1.72 bits per heavy atom. The standard InChI is InChI=1S/C22H30N2O5/c1-8-13-22(14-15-11-9-10-12-16(15)17(22)25)24(19(27)29-21(5,6)7)23-18(26)28-20(2,3)4/h8-12H,1,13-14H2,2-7H3,(H,23,26)/t22-/m1/s1. The van der Waals surface area contributed by atoms with Crippen LogP contribution in [0.15, 0.2) is 36.9 Å². The molecule has 0 aromatic heterocycles. The van der Waals surface area contributed by atoms with Crippen molar-refractivity contribution in [3.05, 3.63) is 48.0 Å². The fourth-order valence-electron chi connectivity index (χ4n) is 3.24. The van der Waals surface area contributed by atoms with Crippen LogP contribution >= 0.6 is 0 Å². The summed E-state index contributed by atoms with van der Waals surface area (Å²) in [4.78, 5) is 39.0. The van der Waals surface area contributed by atoms with Gasteiger partial charge in [0, 0.05) is 12.0 Å². The average molecular weight is 402 g/mol. The molecule has 0 heterocycles. The molecule has 7 nitrogen and oxygen atoms in total. The summed E-state index contributed by atoms with van der Waals surface area (Å²) in [6.07, 6.45) is 0.221. The Bertz CT molecular complexity index is 819. The number of carbonyl (C=O) groups excluding carboxylic acids is 3. The molecule has 1 atom stereocenters. The van der Waals surface area contributed by atoms with Crippen LogP contribution < -0.4 is 5.43 Å². The number of benzene rings is 1. The van der Waals surface area contributed by atoms with E-state index in [1.54, 1.807) is 59.8 Å². The van der Waals surface area contributed by atoms with Crippen molar-refractivity contribution in [3.8, 4) is 0 Å². The van der Waals surface area contributed by atoms with Crippen LogP contribution in [0.2, 0.25) is 0 Å². The molecule has 1 aliphatic carbocycles. The Labute approximate surface area is 172 Å². The van der Waals surface area contributed by atoms with Gasteiger partial charge in [-0.05, 0) is 53.5 Å². The summed E-state index contributed by atoms with van der Waals surface area (Å²) < 4.78 is 10.8. The van der Waals surface area contributed by atoms with Gasteiger partial charge in [0.25, 0.3) is 0 Å². The molecule has 1 aromatic carbocycles. The summed E-state index contributed by atoms with van der Waals surface area (Å²) >= 11 is 0. The van der Waals surface area contributed by atoms with E-state index in [0.717, 1.165) is 10.6 Å². The zero-order valence-electron chi connectivity index (χ0n) is 18.0. The van der Waals surface area contributed by atoms with Crippen molar-refractivity contribution in [2.24, 2.45) is 0 Å². The summed E-state index contributed by atoms with van der Waals surface area (Å²) in [7, 11) is 0. The van der Waals surface area contributed by atoms with Crippen LogP contribution in [0, 0.1) is 0 Å². The average Bonchev–Trinajstić information content (AvgIpc) is 2.83. The molecule has 0 saturated heterocycles. The molecule has 0 bridgehead atoms. The lowest BCUT2D eigenvalue weighted by atomic mass is 9.89. The molecule has 0 spiro atoms. The minimum atomic E-state index is -1.38. The highest BCUT2D eigenvalue weighted by Crippen LogP contribution is 2.37. The zero-order chi connectivity index (χ0) is 22.0. The monoisotopic (exact) mass is 402 g/mol. The van der Waals surface area contributed by atoms with Crippen LogP contribution in [-0.4, -0.2) is 39.7 Å². The van der Waals surface area contributed by atoms with E-state index in [-0.39, 0.29) is 18.6 Å². The number of ketones is 1. The third kappa shape index (κ3) is 5.16. The number of rotatable bonds is 3. The predicted octanol–water partition coefficient (Wildman–Crippen LogP) is 4.42. The molecular formula is C22H30N2O5. The Balaban J connectivity index is 2.49. The van der Waals surface area contributed by atoms with Gasteiger partial charge in [-0.25, -0.2) is 20.0 Å². The molecule has 0 fully saturated rings. The van der Waals surface area contributed by atoms with Gasteiger partial charge in [0.2, 0.25) is 0 Å². The highest BCUT2D eigenvalue weighted by atomic mass is 16.6. The van der Waals surface area contributed by atoms with Gasteiger partial charge >= 0.3 is 12.2 Å². The summed E-state index contributed by atoms with van der Waals surface area (Å²) in [5.41, 5.74) is 0.768. The van der Waals surface area contributed by atoms with Crippen LogP contribution in [-0.2, 0) is 15.9 Å². The second-order valence-electron chi connectivity index (χ2n) is 9.12. The van der Waals surface area contributed by atoms with E-state index in [0.29, 0.717) is 5.56 Å². The van der Waals surface area contributed by atoms with Gasteiger partial charge in [-0.2, -0.15) is 0 Å². The third-order valence-corrected chi connectivity index (χ3v) is 4.26. The molecule has 29 heavy (non-hydrogen) atoms. The molecule has 2 rings (SSSR count). The molecule has 158 valence electrons. The first-order chi connectivity index (χ1) is 13.3. The van der Waals surface area contributed by atoms with Gasteiger partial charge in [0.1, 0.15) is 16.7 Å². The fraction of sp³-hybridized carbons (Fsp3) is 0.500. The number of carbonyl (C=O) groups is 3. The topological polar surface area (TPSA) is 84.9 Å². The number of nitrogens with zero attached hydrogens (tertiary/aromatic N) is 1. The van der Waals surface area contributed by atoms with E-state index in [1.165, 1.54) is 0 Å². The molecule has 1 N–H and O–H groups in total. The Morgan fingerprint density at radius 3 is 2.24 bits per heavy atom. The fourth-order valence-corrected chi connectivity index (χ4v) is 3.24. The first-order valence-corrected chi connectivity index (χ1v) is 9.55. The maximum atomic E-state index is 13.4. The van der Waals surface area contributed by atoms with Gasteiger partial charge < -0.3 is 9.47 Å². The number of Topliss-reactive ketones (excluding diaryl/α,β-unsaturated/α-hetero) is 1. The number of nitrogens with one attached hydrogen (secondary N) is 1. The summed E-state index contributed by atoms with van der Waals surface area (Å²) in [5.74, 6) is -0.282. The Kier molecular flexibility index (Phi) is 6.11. The van der Waals surface area contributed by atoms with Gasteiger partial charge in [0.05, 0.1) is 0 Å². The number of ether oxygens (including phenoxy) is 2. The van der Waals surface area contributed by atoms with E-state index < -0.39 is 28.9 Å². The second kappa shape index (κ2) is 7.89. The van der Waals surface area contributed by atoms with Crippen molar-refractivity contribution >= 4 is 18.0 Å². The van der Waals surface area contributed by atoms with Crippen LogP contribution in [0.1, 0.15) is 63.9 Å².